The molecule has 0 radical (unpaired) electrons. The fraction of sp³-hybridized carbons (Fsp3) is 0.417. The van der Waals surface area contributed by atoms with Crippen LogP contribution in [0, 0.1) is 0 Å². The fourth-order valence-electron chi connectivity index (χ4n) is 1.59. The Morgan fingerprint density at radius 1 is 1.37 bits per heavy atom. The largest absolute Gasteiger partial charge is 0.485 e. The smallest absolute Gasteiger partial charge is 0.287 e. The van der Waals surface area contributed by atoms with E-state index < -0.39 is 15.7 Å². The minimum Gasteiger partial charge on any atom is -0.485 e. The molecule has 1 heterocycles. The van der Waals surface area contributed by atoms with E-state index in [0.717, 1.165) is 0 Å². The van der Waals surface area contributed by atoms with Crippen LogP contribution in [0.4, 0.5) is 0 Å². The zero-order chi connectivity index (χ0) is 14.1. The summed E-state index contributed by atoms with van der Waals surface area (Å²) in [5.74, 6) is -1.27. The van der Waals surface area contributed by atoms with E-state index in [4.69, 9.17) is 44.4 Å². The van der Waals surface area contributed by atoms with Crippen molar-refractivity contribution in [2.45, 2.75) is 29.0 Å². The maximum atomic E-state index is 10.0. The zero-order valence-electron chi connectivity index (χ0n) is 10.0. The first-order valence-corrected chi connectivity index (χ1v) is 6.71. The van der Waals surface area contributed by atoms with Crippen molar-refractivity contribution in [3.05, 3.63) is 30.3 Å². The molecular weight excluding hydrogens is 312 g/mol. The Balaban J connectivity index is 2.01. The molecule has 0 saturated heterocycles. The zero-order valence-corrected chi connectivity index (χ0v) is 12.3. The number of para-hydroxylation sites is 1. The predicted octanol–water partition coefficient (Wildman–Crippen LogP) is 3.29. The molecule has 1 aliphatic heterocycles. The summed E-state index contributed by atoms with van der Waals surface area (Å²) in [4.78, 5) is 4.84. The second-order valence-corrected chi connectivity index (χ2v) is 6.49. The van der Waals surface area contributed by atoms with E-state index in [2.05, 4.69) is 5.16 Å². The molecule has 19 heavy (non-hydrogen) atoms. The van der Waals surface area contributed by atoms with Gasteiger partial charge >= 0.3 is 0 Å². The molecule has 0 aliphatic carbocycles. The van der Waals surface area contributed by atoms with Crippen LogP contribution in [0.5, 0.6) is 5.75 Å². The van der Waals surface area contributed by atoms with E-state index in [-0.39, 0.29) is 6.42 Å². The summed E-state index contributed by atoms with van der Waals surface area (Å²) in [7, 11) is 0. The number of nitrogens with zero attached hydrogens (tertiary/aromatic N) is 1. The minimum atomic E-state index is -1.98. The number of alkyl halides is 3. The van der Waals surface area contributed by atoms with E-state index in [1.54, 1.807) is 6.92 Å². The molecule has 0 spiro atoms. The summed E-state index contributed by atoms with van der Waals surface area (Å²) in [6.07, 6.45) is -0.430. The van der Waals surface area contributed by atoms with E-state index >= 15 is 0 Å². The SMILES string of the molecule is CC(Oc1ccccc1)C1=NOC(O)(C(Cl)(Cl)Cl)C1. The van der Waals surface area contributed by atoms with Crippen molar-refractivity contribution < 1.29 is 14.7 Å². The van der Waals surface area contributed by atoms with Gasteiger partial charge in [-0.05, 0) is 19.1 Å². The quantitative estimate of drug-likeness (QED) is 0.868. The highest BCUT2D eigenvalue weighted by atomic mass is 35.6. The molecule has 0 saturated carbocycles. The molecule has 1 aromatic rings. The summed E-state index contributed by atoms with van der Waals surface area (Å²) < 4.78 is 3.67. The molecule has 1 aliphatic rings. The molecule has 0 amide bonds. The summed E-state index contributed by atoms with van der Waals surface area (Å²) >= 11 is 17.0. The number of rotatable bonds is 3. The average molecular weight is 325 g/mol. The van der Waals surface area contributed by atoms with Crippen LogP contribution in [0.2, 0.25) is 0 Å². The number of hydrogen-bond donors (Lipinski definition) is 1. The molecule has 2 atom stereocenters. The Bertz CT molecular complexity index is 475. The summed E-state index contributed by atoms with van der Waals surface area (Å²) in [6, 6.07) is 9.22. The first kappa shape index (κ1) is 14.7. The molecule has 1 aromatic carbocycles. The van der Waals surface area contributed by atoms with Crippen LogP contribution in [-0.4, -0.2) is 26.5 Å². The van der Waals surface area contributed by atoms with Crippen LogP contribution in [0.25, 0.3) is 0 Å². The number of ether oxygens (including phenoxy) is 1. The van der Waals surface area contributed by atoms with Crippen molar-refractivity contribution in [1.29, 1.82) is 0 Å². The van der Waals surface area contributed by atoms with Gasteiger partial charge in [0.1, 0.15) is 17.6 Å². The van der Waals surface area contributed by atoms with Gasteiger partial charge in [0.15, 0.2) is 0 Å². The Hall–Kier alpha value is -0.680. The van der Waals surface area contributed by atoms with Crippen LogP contribution < -0.4 is 4.74 Å². The highest BCUT2D eigenvalue weighted by molar-refractivity contribution is 6.68. The van der Waals surface area contributed by atoms with Crippen molar-refractivity contribution in [2.75, 3.05) is 0 Å². The predicted molar refractivity (Wildman–Crippen MR) is 74.9 cm³/mol. The van der Waals surface area contributed by atoms with Gasteiger partial charge in [0.05, 0.1) is 6.42 Å². The average Bonchev–Trinajstić information content (AvgIpc) is 2.74. The lowest BCUT2D eigenvalue weighted by Crippen LogP contribution is -2.43. The Kier molecular flexibility index (Phi) is 4.16. The third-order valence-electron chi connectivity index (χ3n) is 2.70. The van der Waals surface area contributed by atoms with Gasteiger partial charge < -0.3 is 14.7 Å². The van der Waals surface area contributed by atoms with Crippen LogP contribution in [0.1, 0.15) is 13.3 Å². The molecule has 2 unspecified atom stereocenters. The molecular formula is C12H12Cl3NO3. The lowest BCUT2D eigenvalue weighted by atomic mass is 10.1. The Morgan fingerprint density at radius 2 is 2.00 bits per heavy atom. The molecule has 0 bridgehead atoms. The summed E-state index contributed by atoms with van der Waals surface area (Å²) in [6.45, 7) is 1.78. The van der Waals surface area contributed by atoms with Crippen LogP contribution in [0.3, 0.4) is 0 Å². The lowest BCUT2D eigenvalue weighted by molar-refractivity contribution is -0.181. The topological polar surface area (TPSA) is 51.0 Å². The van der Waals surface area contributed by atoms with Crippen molar-refractivity contribution in [1.82, 2.24) is 0 Å². The highest BCUT2D eigenvalue weighted by Crippen LogP contribution is 2.44. The minimum absolute atomic E-state index is 0.0303. The van der Waals surface area contributed by atoms with Gasteiger partial charge in [-0.15, -0.1) is 0 Å². The van der Waals surface area contributed by atoms with Gasteiger partial charge in [0.25, 0.3) is 9.58 Å². The van der Waals surface area contributed by atoms with E-state index in [1.807, 2.05) is 30.3 Å². The molecule has 104 valence electrons. The monoisotopic (exact) mass is 323 g/mol. The maximum absolute atomic E-state index is 10.0. The second kappa shape index (κ2) is 5.37. The third kappa shape index (κ3) is 3.26. The lowest BCUT2D eigenvalue weighted by Gasteiger charge is -2.27. The van der Waals surface area contributed by atoms with Crippen molar-refractivity contribution in [3.63, 3.8) is 0 Å². The van der Waals surface area contributed by atoms with Gasteiger partial charge in [-0.3, -0.25) is 0 Å². The molecule has 1 N–H and O–H groups in total. The fourth-order valence-corrected chi connectivity index (χ4v) is 1.89. The number of benzene rings is 1. The Morgan fingerprint density at radius 3 is 2.53 bits per heavy atom. The molecule has 7 heteroatoms. The molecule has 2 rings (SSSR count). The number of oxime groups is 1. The number of aliphatic hydroxyl groups is 1. The standard InChI is InChI=1S/C12H12Cl3NO3/c1-8(18-9-5-3-2-4-6-9)10-7-11(17,19-16-10)12(13,14)15/h2-6,8,17H,7H2,1H3. The first-order valence-electron chi connectivity index (χ1n) is 5.57. The number of halogens is 3. The van der Waals surface area contributed by atoms with Crippen LogP contribution in [-0.2, 0) is 4.84 Å². The van der Waals surface area contributed by atoms with Gasteiger partial charge in [-0.1, -0.05) is 58.2 Å². The third-order valence-corrected chi connectivity index (χ3v) is 3.59. The maximum Gasteiger partial charge on any atom is 0.287 e. The van der Waals surface area contributed by atoms with E-state index in [9.17, 15) is 5.11 Å². The van der Waals surface area contributed by atoms with Crippen molar-refractivity contribution in [3.8, 4) is 5.75 Å². The van der Waals surface area contributed by atoms with Gasteiger partial charge in [-0.2, -0.15) is 0 Å². The Labute approximate surface area is 125 Å². The summed E-state index contributed by atoms with van der Waals surface area (Å²) in [5.41, 5.74) is 0.470. The van der Waals surface area contributed by atoms with Crippen LogP contribution in [0.15, 0.2) is 35.5 Å². The summed E-state index contributed by atoms with van der Waals surface area (Å²) in [5, 5.41) is 13.8. The van der Waals surface area contributed by atoms with Crippen molar-refractivity contribution in [2.24, 2.45) is 5.16 Å². The first-order chi connectivity index (χ1) is 8.82. The van der Waals surface area contributed by atoms with Gasteiger partial charge in [0.2, 0.25) is 0 Å². The van der Waals surface area contributed by atoms with E-state index in [1.165, 1.54) is 0 Å². The molecule has 0 fully saturated rings. The normalized spacial score (nSPS) is 24.6. The van der Waals surface area contributed by atoms with E-state index in [0.29, 0.717) is 11.5 Å². The molecule has 0 aromatic heterocycles. The van der Waals surface area contributed by atoms with Crippen LogP contribution >= 0.6 is 34.8 Å². The van der Waals surface area contributed by atoms with Crippen molar-refractivity contribution >= 4 is 40.5 Å². The highest BCUT2D eigenvalue weighted by Gasteiger charge is 2.54. The van der Waals surface area contributed by atoms with Gasteiger partial charge in [-0.25, -0.2) is 0 Å². The number of hydrogen-bond acceptors (Lipinski definition) is 4. The molecule has 4 nitrogen and oxygen atoms in total. The second-order valence-electron chi connectivity index (χ2n) is 4.21. The van der Waals surface area contributed by atoms with Gasteiger partial charge in [0, 0.05) is 0 Å².